The van der Waals surface area contributed by atoms with Gasteiger partial charge in [0.15, 0.2) is 23.0 Å². The van der Waals surface area contributed by atoms with Gasteiger partial charge in [-0.25, -0.2) is 9.79 Å². The summed E-state index contributed by atoms with van der Waals surface area (Å²) in [5.74, 6) is 0.230. The Balaban J connectivity index is 1.93. The standard InChI is InChI=1S/C20H18BrNO6/c1-3-6-17(23)27-18-13(21)9-12(11-16(18)25-4-2)10-14-20(24)28-19(22-14)15-7-5-8-26-15/h5,7-11H,3-4,6H2,1-2H3/b14-10-. The Morgan fingerprint density at radius 3 is 2.82 bits per heavy atom. The van der Waals surface area contributed by atoms with Crippen molar-refractivity contribution >= 4 is 39.8 Å². The Morgan fingerprint density at radius 1 is 1.32 bits per heavy atom. The molecule has 0 spiro atoms. The zero-order chi connectivity index (χ0) is 20.1. The molecule has 0 radical (unpaired) electrons. The Bertz CT molecular complexity index is 946. The molecule has 1 aliphatic heterocycles. The molecule has 28 heavy (non-hydrogen) atoms. The number of nitrogens with zero attached hydrogens (tertiary/aromatic N) is 1. The number of ether oxygens (including phenoxy) is 3. The lowest BCUT2D eigenvalue weighted by molar-refractivity contribution is -0.134. The second-order valence-electron chi connectivity index (χ2n) is 5.80. The number of carbonyl (C=O) groups is 2. The van der Waals surface area contributed by atoms with Crippen molar-refractivity contribution in [3.63, 3.8) is 0 Å². The maximum Gasteiger partial charge on any atom is 0.363 e. The van der Waals surface area contributed by atoms with Gasteiger partial charge < -0.3 is 18.6 Å². The van der Waals surface area contributed by atoms with Crippen molar-refractivity contribution in [2.24, 2.45) is 4.99 Å². The summed E-state index contributed by atoms with van der Waals surface area (Å²) >= 11 is 3.40. The molecule has 0 saturated carbocycles. The minimum atomic E-state index is -0.584. The molecular formula is C20H18BrNO6. The number of carbonyl (C=O) groups excluding carboxylic acids is 2. The molecule has 1 aromatic heterocycles. The van der Waals surface area contributed by atoms with Gasteiger partial charge in [0.05, 0.1) is 17.3 Å². The molecule has 7 nitrogen and oxygen atoms in total. The molecule has 0 bridgehead atoms. The normalized spacial score (nSPS) is 14.8. The summed E-state index contributed by atoms with van der Waals surface area (Å²) < 4.78 is 21.9. The lowest BCUT2D eigenvalue weighted by Gasteiger charge is -2.13. The van der Waals surface area contributed by atoms with E-state index in [0.29, 0.717) is 46.7 Å². The maximum atomic E-state index is 12.1. The molecule has 146 valence electrons. The predicted octanol–water partition coefficient (Wildman–Crippen LogP) is 4.49. The molecule has 0 saturated heterocycles. The second-order valence-corrected chi connectivity index (χ2v) is 6.65. The van der Waals surface area contributed by atoms with Crippen LogP contribution in [0.15, 0.2) is 50.1 Å². The van der Waals surface area contributed by atoms with Gasteiger partial charge in [0, 0.05) is 6.42 Å². The van der Waals surface area contributed by atoms with Crippen molar-refractivity contribution in [2.45, 2.75) is 26.7 Å². The molecule has 0 N–H and O–H groups in total. The van der Waals surface area contributed by atoms with E-state index in [1.807, 2.05) is 13.8 Å². The summed E-state index contributed by atoms with van der Waals surface area (Å²) in [6.45, 7) is 4.10. The quantitative estimate of drug-likeness (QED) is 0.353. The zero-order valence-electron chi connectivity index (χ0n) is 15.4. The van der Waals surface area contributed by atoms with Crippen LogP contribution in [-0.2, 0) is 14.3 Å². The van der Waals surface area contributed by atoms with Gasteiger partial charge in [0.2, 0.25) is 0 Å². The van der Waals surface area contributed by atoms with E-state index in [4.69, 9.17) is 18.6 Å². The molecule has 0 amide bonds. The summed E-state index contributed by atoms with van der Waals surface area (Å²) in [5, 5.41) is 0. The molecule has 0 aliphatic carbocycles. The highest BCUT2D eigenvalue weighted by Gasteiger charge is 2.26. The Hall–Kier alpha value is -2.87. The van der Waals surface area contributed by atoms with Crippen LogP contribution in [0.2, 0.25) is 0 Å². The van der Waals surface area contributed by atoms with Crippen molar-refractivity contribution in [2.75, 3.05) is 6.61 Å². The third-order valence-corrected chi connectivity index (χ3v) is 4.25. The van der Waals surface area contributed by atoms with Gasteiger partial charge in [-0.3, -0.25) is 4.79 Å². The molecule has 0 unspecified atom stereocenters. The predicted molar refractivity (Wildman–Crippen MR) is 105 cm³/mol. The fourth-order valence-corrected chi connectivity index (χ4v) is 3.02. The fourth-order valence-electron chi connectivity index (χ4n) is 2.47. The summed E-state index contributed by atoms with van der Waals surface area (Å²) in [6.07, 6.45) is 4.02. The first kappa shape index (κ1) is 19.9. The van der Waals surface area contributed by atoms with Crippen LogP contribution in [0.3, 0.4) is 0 Å². The van der Waals surface area contributed by atoms with Crippen LogP contribution in [0.5, 0.6) is 11.5 Å². The molecule has 2 aromatic rings. The van der Waals surface area contributed by atoms with E-state index in [0.717, 1.165) is 0 Å². The molecule has 2 heterocycles. The van der Waals surface area contributed by atoms with Crippen LogP contribution >= 0.6 is 15.9 Å². The summed E-state index contributed by atoms with van der Waals surface area (Å²) in [5.41, 5.74) is 0.749. The zero-order valence-corrected chi connectivity index (χ0v) is 16.9. The average Bonchev–Trinajstić information content (AvgIpc) is 3.29. The van der Waals surface area contributed by atoms with Gasteiger partial charge in [-0.15, -0.1) is 0 Å². The lowest BCUT2D eigenvalue weighted by atomic mass is 10.1. The van der Waals surface area contributed by atoms with Crippen LogP contribution in [0.1, 0.15) is 38.0 Å². The van der Waals surface area contributed by atoms with Crippen LogP contribution < -0.4 is 9.47 Å². The van der Waals surface area contributed by atoms with E-state index in [-0.39, 0.29) is 17.6 Å². The molecule has 1 aliphatic rings. The van der Waals surface area contributed by atoms with Crippen molar-refractivity contribution in [1.29, 1.82) is 0 Å². The second kappa shape index (κ2) is 8.88. The molecule has 8 heteroatoms. The first-order valence-electron chi connectivity index (χ1n) is 8.75. The van der Waals surface area contributed by atoms with E-state index in [1.165, 1.54) is 6.26 Å². The number of rotatable bonds is 7. The Kier molecular flexibility index (Phi) is 6.30. The van der Waals surface area contributed by atoms with Crippen molar-refractivity contribution in [3.8, 4) is 11.5 Å². The number of aliphatic imine (C=N–C) groups is 1. The van der Waals surface area contributed by atoms with E-state index in [9.17, 15) is 9.59 Å². The smallest absolute Gasteiger partial charge is 0.363 e. The van der Waals surface area contributed by atoms with Gasteiger partial charge in [-0.1, -0.05) is 6.92 Å². The SMILES string of the molecule is CCCC(=O)Oc1c(Br)cc(/C=C2\N=C(c3ccco3)OC2=O)cc1OCC. The van der Waals surface area contributed by atoms with Crippen LogP contribution in [-0.4, -0.2) is 24.4 Å². The topological polar surface area (TPSA) is 87.3 Å². The Labute approximate surface area is 170 Å². The molecule has 1 aromatic carbocycles. The first-order valence-corrected chi connectivity index (χ1v) is 9.54. The molecule has 3 rings (SSSR count). The van der Waals surface area contributed by atoms with E-state index in [1.54, 1.807) is 30.3 Å². The van der Waals surface area contributed by atoms with Crippen LogP contribution in [0, 0.1) is 0 Å². The fraction of sp³-hybridized carbons (Fsp3) is 0.250. The van der Waals surface area contributed by atoms with Gasteiger partial charge >= 0.3 is 11.9 Å². The van der Waals surface area contributed by atoms with E-state index >= 15 is 0 Å². The van der Waals surface area contributed by atoms with Crippen LogP contribution in [0.4, 0.5) is 0 Å². The highest BCUT2D eigenvalue weighted by atomic mass is 79.9. The minimum absolute atomic E-state index is 0.107. The average molecular weight is 448 g/mol. The van der Waals surface area contributed by atoms with Gasteiger partial charge in [0.1, 0.15) is 0 Å². The lowest BCUT2D eigenvalue weighted by Crippen LogP contribution is -2.09. The largest absolute Gasteiger partial charge is 0.490 e. The van der Waals surface area contributed by atoms with E-state index in [2.05, 4.69) is 20.9 Å². The number of halogens is 1. The number of cyclic esters (lactones) is 1. The number of furan rings is 1. The monoisotopic (exact) mass is 447 g/mol. The minimum Gasteiger partial charge on any atom is -0.490 e. The van der Waals surface area contributed by atoms with Gasteiger partial charge in [-0.05, 0) is 65.2 Å². The van der Waals surface area contributed by atoms with Crippen molar-refractivity contribution < 1.29 is 28.2 Å². The molecule has 0 fully saturated rings. The van der Waals surface area contributed by atoms with Crippen molar-refractivity contribution in [1.82, 2.24) is 0 Å². The number of hydrogen-bond donors (Lipinski definition) is 0. The first-order chi connectivity index (χ1) is 13.5. The number of esters is 2. The highest BCUT2D eigenvalue weighted by Crippen LogP contribution is 2.38. The summed E-state index contributed by atoms with van der Waals surface area (Å²) in [4.78, 5) is 28.2. The third kappa shape index (κ3) is 4.51. The third-order valence-electron chi connectivity index (χ3n) is 3.66. The van der Waals surface area contributed by atoms with Crippen molar-refractivity contribution in [3.05, 3.63) is 52.0 Å². The summed E-state index contributed by atoms with van der Waals surface area (Å²) in [7, 11) is 0. The highest BCUT2D eigenvalue weighted by molar-refractivity contribution is 9.10. The van der Waals surface area contributed by atoms with Gasteiger partial charge in [-0.2, -0.15) is 0 Å². The summed E-state index contributed by atoms with van der Waals surface area (Å²) in [6, 6.07) is 6.71. The number of hydrogen-bond acceptors (Lipinski definition) is 7. The molecule has 0 atom stereocenters. The molecular weight excluding hydrogens is 430 g/mol. The van der Waals surface area contributed by atoms with Crippen LogP contribution in [0.25, 0.3) is 6.08 Å². The maximum absolute atomic E-state index is 12.1. The van der Waals surface area contributed by atoms with Gasteiger partial charge in [0.25, 0.3) is 5.90 Å². The number of benzene rings is 1. The van der Waals surface area contributed by atoms with E-state index < -0.39 is 5.97 Å². The Morgan fingerprint density at radius 2 is 2.14 bits per heavy atom.